The maximum atomic E-state index is 11.9. The van der Waals surface area contributed by atoms with Gasteiger partial charge in [-0.3, -0.25) is 0 Å². The van der Waals surface area contributed by atoms with Gasteiger partial charge in [0.1, 0.15) is 17.7 Å². The van der Waals surface area contributed by atoms with Crippen molar-refractivity contribution in [3.05, 3.63) is 48.5 Å². The zero-order chi connectivity index (χ0) is 28.8. The predicted molar refractivity (Wildman–Crippen MR) is 164 cm³/mol. The molecule has 1 aliphatic rings. The van der Waals surface area contributed by atoms with Crippen LogP contribution in [0.4, 0.5) is 17.6 Å². The highest BCUT2D eigenvalue weighted by atomic mass is 32.1. The molecular weight excluding hydrogens is 538 g/mol. The van der Waals surface area contributed by atoms with Gasteiger partial charge in [0, 0.05) is 31.4 Å². The summed E-state index contributed by atoms with van der Waals surface area (Å²) < 4.78 is 7.17. The van der Waals surface area contributed by atoms with E-state index in [0.29, 0.717) is 25.5 Å². The number of likely N-dealkylation sites (N-methyl/N-ethyl adjacent to an activating group) is 1. The first kappa shape index (κ1) is 28.5. The predicted octanol–water partition coefficient (Wildman–Crippen LogP) is 5.57. The number of nitrogens with one attached hydrogen (secondary N) is 1. The number of aliphatic carboxylic acids is 1. The van der Waals surface area contributed by atoms with E-state index in [0.717, 1.165) is 47.7 Å². The van der Waals surface area contributed by atoms with Crippen molar-refractivity contribution >= 4 is 45.1 Å². The third kappa shape index (κ3) is 7.40. The molecule has 0 bridgehead atoms. The molecule has 5 rings (SSSR count). The smallest absolute Gasteiger partial charge is 0.326 e. The molecule has 4 aromatic rings. The lowest BCUT2D eigenvalue weighted by Gasteiger charge is -2.27. The Hall–Kier alpha value is -3.99. The average Bonchev–Trinajstić information content (AvgIpc) is 3.41. The van der Waals surface area contributed by atoms with Gasteiger partial charge >= 0.3 is 12.0 Å². The molecule has 1 unspecified atom stereocenters. The molecule has 2 aromatic heterocycles. The van der Waals surface area contributed by atoms with Crippen LogP contribution in [-0.2, 0) is 4.79 Å². The molecule has 11 heteroatoms. The number of aromatic nitrogens is 4. The normalized spacial score (nSPS) is 14.3. The third-order valence-corrected chi connectivity index (χ3v) is 8.14. The van der Waals surface area contributed by atoms with E-state index in [1.165, 1.54) is 11.1 Å². The maximum Gasteiger partial charge on any atom is 0.326 e. The fourth-order valence-corrected chi connectivity index (χ4v) is 5.79. The second kappa shape index (κ2) is 13.1. The summed E-state index contributed by atoms with van der Waals surface area (Å²) in [6, 6.07) is 15.9. The van der Waals surface area contributed by atoms with Gasteiger partial charge in [-0.1, -0.05) is 26.0 Å². The zero-order valence-electron chi connectivity index (χ0n) is 23.8. The summed E-state index contributed by atoms with van der Waals surface area (Å²) in [6.07, 6.45) is 3.77. The number of rotatable bonds is 12. The van der Waals surface area contributed by atoms with Gasteiger partial charge in [-0.25, -0.2) is 9.78 Å². The topological polar surface area (TPSA) is 117 Å². The minimum absolute atomic E-state index is 0.191. The van der Waals surface area contributed by atoms with Crippen LogP contribution in [0, 0.1) is 5.92 Å². The Morgan fingerprint density at radius 2 is 1.80 bits per heavy atom. The molecule has 0 spiro atoms. The maximum absolute atomic E-state index is 11.9. The van der Waals surface area contributed by atoms with Gasteiger partial charge in [-0.05, 0) is 68.0 Å². The number of carbonyl (C=O) groups is 1. The summed E-state index contributed by atoms with van der Waals surface area (Å²) in [6.45, 7) is 6.65. The van der Waals surface area contributed by atoms with E-state index in [1.807, 2.05) is 39.1 Å². The van der Waals surface area contributed by atoms with E-state index >= 15 is 0 Å². The fraction of sp³-hybridized carbons (Fsp3) is 0.433. The van der Waals surface area contributed by atoms with Crippen LogP contribution in [-0.4, -0.2) is 70.3 Å². The molecule has 2 aromatic carbocycles. The second-order valence-corrected chi connectivity index (χ2v) is 11.8. The summed E-state index contributed by atoms with van der Waals surface area (Å²) in [5, 5.41) is 13.7. The number of ether oxygens (including phenoxy) is 1. The van der Waals surface area contributed by atoms with E-state index in [4.69, 9.17) is 9.72 Å². The van der Waals surface area contributed by atoms with Crippen molar-refractivity contribution in [1.82, 2.24) is 19.9 Å². The van der Waals surface area contributed by atoms with E-state index in [1.54, 1.807) is 11.3 Å². The van der Waals surface area contributed by atoms with E-state index in [9.17, 15) is 9.90 Å². The van der Waals surface area contributed by atoms with E-state index < -0.39 is 12.0 Å². The highest BCUT2D eigenvalue weighted by Gasteiger charge is 2.23. The quantitative estimate of drug-likeness (QED) is 0.222. The summed E-state index contributed by atoms with van der Waals surface area (Å²) in [7, 11) is 2.01. The van der Waals surface area contributed by atoms with Crippen LogP contribution in [0.2, 0.25) is 0 Å². The zero-order valence-corrected chi connectivity index (χ0v) is 24.6. The Bertz CT molecular complexity index is 1420. The number of nitrogens with zero attached hydrogens (tertiary/aromatic N) is 6. The minimum Gasteiger partial charge on any atom is -0.480 e. The first-order chi connectivity index (χ1) is 19.9. The highest BCUT2D eigenvalue weighted by molar-refractivity contribution is 7.21. The minimum atomic E-state index is -0.933. The van der Waals surface area contributed by atoms with Crippen molar-refractivity contribution in [3.8, 4) is 16.6 Å². The van der Waals surface area contributed by atoms with Crippen molar-refractivity contribution in [2.45, 2.75) is 45.6 Å². The molecule has 1 saturated heterocycles. The van der Waals surface area contributed by atoms with Crippen LogP contribution in [0.25, 0.3) is 20.8 Å². The van der Waals surface area contributed by atoms with Crippen LogP contribution < -0.4 is 19.9 Å². The van der Waals surface area contributed by atoms with Crippen molar-refractivity contribution in [3.63, 3.8) is 0 Å². The monoisotopic (exact) mass is 575 g/mol. The molecule has 10 nitrogen and oxygen atoms in total. The summed E-state index contributed by atoms with van der Waals surface area (Å²) in [5.74, 6) is 0.0116. The van der Waals surface area contributed by atoms with Crippen LogP contribution >= 0.6 is 11.3 Å². The van der Waals surface area contributed by atoms with Gasteiger partial charge in [-0.2, -0.15) is 15.0 Å². The molecule has 0 radical (unpaired) electrons. The largest absolute Gasteiger partial charge is 0.480 e. The molecule has 1 aliphatic heterocycles. The lowest BCUT2D eigenvalue weighted by atomic mass is 10.0. The fourth-order valence-electron chi connectivity index (χ4n) is 4.82. The molecule has 0 saturated carbocycles. The molecular formula is C30H37N7O3S. The number of hydrogen-bond acceptors (Lipinski definition) is 10. The Balaban J connectivity index is 1.24. The number of benzene rings is 2. The van der Waals surface area contributed by atoms with Gasteiger partial charge in [0.25, 0.3) is 0 Å². The Morgan fingerprint density at radius 3 is 2.51 bits per heavy atom. The van der Waals surface area contributed by atoms with Crippen LogP contribution in [0.15, 0.2) is 48.5 Å². The Labute approximate surface area is 244 Å². The van der Waals surface area contributed by atoms with Gasteiger partial charge < -0.3 is 25.0 Å². The number of anilines is 3. The average molecular weight is 576 g/mol. The standard InChI is InChI=1S/C30H37N7O3S/c1-20(2)19-24(27(38)39)32-28-33-29(37-15-7-4-8-16-37)35-30(34-28)40-18-17-36(3)22-13-11-21(12-14-22)26-31-23-9-5-6-10-25(23)41-26/h5-6,9-14,20,24H,4,7-8,15-19H2,1-3H3,(H,38,39)(H,32,33,34,35). The van der Waals surface area contributed by atoms with Crippen LogP contribution in [0.3, 0.4) is 0 Å². The molecule has 0 amide bonds. The van der Waals surface area contributed by atoms with E-state index in [-0.39, 0.29) is 17.9 Å². The Morgan fingerprint density at radius 1 is 1.05 bits per heavy atom. The highest BCUT2D eigenvalue weighted by Crippen LogP contribution is 2.31. The molecule has 0 aliphatic carbocycles. The van der Waals surface area contributed by atoms with Gasteiger partial charge in [0.05, 0.1) is 16.8 Å². The number of para-hydroxylation sites is 1. The van der Waals surface area contributed by atoms with Crippen molar-refractivity contribution in [2.75, 3.05) is 48.4 Å². The molecule has 3 heterocycles. The SMILES string of the molecule is CC(C)CC(Nc1nc(OCCN(C)c2ccc(-c3nc4ccccc4s3)cc2)nc(N2CCCCC2)n1)C(=O)O. The number of thiazole rings is 1. The van der Waals surface area contributed by atoms with Crippen molar-refractivity contribution < 1.29 is 14.6 Å². The lowest BCUT2D eigenvalue weighted by molar-refractivity contribution is -0.138. The van der Waals surface area contributed by atoms with Crippen LogP contribution in [0.5, 0.6) is 6.01 Å². The van der Waals surface area contributed by atoms with Gasteiger partial charge in [0.15, 0.2) is 0 Å². The lowest BCUT2D eigenvalue weighted by Crippen LogP contribution is -2.34. The number of piperidine rings is 1. The molecule has 2 N–H and O–H groups in total. The summed E-state index contributed by atoms with van der Waals surface area (Å²) in [4.78, 5) is 34.4. The first-order valence-electron chi connectivity index (χ1n) is 14.2. The van der Waals surface area contributed by atoms with Crippen molar-refractivity contribution in [2.24, 2.45) is 5.92 Å². The molecule has 1 fully saturated rings. The summed E-state index contributed by atoms with van der Waals surface area (Å²) >= 11 is 1.69. The second-order valence-electron chi connectivity index (χ2n) is 10.8. The van der Waals surface area contributed by atoms with Gasteiger partial charge in [0.2, 0.25) is 11.9 Å². The van der Waals surface area contributed by atoms with Crippen LogP contribution in [0.1, 0.15) is 39.5 Å². The van der Waals surface area contributed by atoms with Crippen molar-refractivity contribution in [1.29, 1.82) is 0 Å². The van der Waals surface area contributed by atoms with Gasteiger partial charge in [-0.15, -0.1) is 11.3 Å². The molecule has 41 heavy (non-hydrogen) atoms. The molecule has 1 atom stereocenters. The molecule has 216 valence electrons. The number of hydrogen-bond donors (Lipinski definition) is 2. The number of fused-ring (bicyclic) bond motifs is 1. The first-order valence-corrected chi connectivity index (χ1v) is 15.0. The summed E-state index contributed by atoms with van der Waals surface area (Å²) in [5.41, 5.74) is 3.17. The number of carboxylic acids is 1. The third-order valence-electron chi connectivity index (χ3n) is 7.06. The Kier molecular flexibility index (Phi) is 9.13. The van der Waals surface area contributed by atoms with E-state index in [2.05, 4.69) is 60.4 Å². The number of carboxylic acid groups (broad SMARTS) is 1.